The highest BCUT2D eigenvalue weighted by Gasteiger charge is 2.07. The summed E-state index contributed by atoms with van der Waals surface area (Å²) in [5.41, 5.74) is 4.15. The molecular weight excluding hydrogens is 384 g/mol. The lowest BCUT2D eigenvalue weighted by Gasteiger charge is -2.06. The highest BCUT2D eigenvalue weighted by Crippen LogP contribution is 2.30. The van der Waals surface area contributed by atoms with E-state index >= 15 is 0 Å². The maximum atomic E-state index is 12.2. The Hall–Kier alpha value is -2.63. The maximum Gasteiger partial charge on any atom is 0.225 e. The molecule has 0 spiro atoms. The molecule has 0 saturated heterocycles. The number of carbonyl (C=O) groups is 1. The van der Waals surface area contributed by atoms with E-state index in [1.807, 2.05) is 42.5 Å². The molecule has 5 heteroatoms. The molecule has 1 N–H and O–H groups in total. The predicted molar refractivity (Wildman–Crippen MR) is 120 cm³/mol. The molecule has 4 aromatic rings. The van der Waals surface area contributed by atoms with Gasteiger partial charge >= 0.3 is 0 Å². The Morgan fingerprint density at radius 3 is 2.50 bits per heavy atom. The molecule has 0 fully saturated rings. The number of amides is 1. The first kappa shape index (κ1) is 18.7. The summed E-state index contributed by atoms with van der Waals surface area (Å²) in [5, 5.41) is 3.97. The van der Waals surface area contributed by atoms with Gasteiger partial charge in [-0.15, -0.1) is 23.1 Å². The van der Waals surface area contributed by atoms with Gasteiger partial charge in [-0.2, -0.15) is 0 Å². The summed E-state index contributed by atoms with van der Waals surface area (Å²) < 4.78 is 1.18. The van der Waals surface area contributed by atoms with Crippen LogP contribution in [-0.4, -0.2) is 16.6 Å². The number of thiazole rings is 1. The number of hydrogen-bond donors (Lipinski definition) is 1. The minimum atomic E-state index is 0.0346. The largest absolute Gasteiger partial charge is 0.326 e. The number of thioether (sulfide) groups is 1. The predicted octanol–water partition coefficient (Wildman–Crippen LogP) is 6.39. The molecule has 1 heterocycles. The maximum absolute atomic E-state index is 12.2. The third kappa shape index (κ3) is 4.61. The first-order chi connectivity index (χ1) is 13.7. The van der Waals surface area contributed by atoms with Crippen LogP contribution in [0.5, 0.6) is 0 Å². The fraction of sp³-hybridized carbons (Fsp3) is 0.130. The van der Waals surface area contributed by atoms with Crippen LogP contribution in [0.25, 0.3) is 20.8 Å². The second-order valence-corrected chi connectivity index (χ2v) is 8.72. The summed E-state index contributed by atoms with van der Waals surface area (Å²) in [7, 11) is 0. The Morgan fingerprint density at radius 2 is 1.75 bits per heavy atom. The van der Waals surface area contributed by atoms with Crippen molar-refractivity contribution >= 4 is 44.9 Å². The Labute approximate surface area is 172 Å². The first-order valence-electron chi connectivity index (χ1n) is 9.13. The molecule has 1 amide bonds. The van der Waals surface area contributed by atoms with Gasteiger partial charge in [0, 0.05) is 28.3 Å². The van der Waals surface area contributed by atoms with Crippen molar-refractivity contribution in [2.75, 3.05) is 11.1 Å². The summed E-state index contributed by atoms with van der Waals surface area (Å²) >= 11 is 3.38. The van der Waals surface area contributed by atoms with Gasteiger partial charge in [-0.25, -0.2) is 4.98 Å². The van der Waals surface area contributed by atoms with E-state index in [4.69, 9.17) is 0 Å². The number of fused-ring (bicyclic) bond motifs is 1. The monoisotopic (exact) mass is 404 g/mol. The van der Waals surface area contributed by atoms with Crippen LogP contribution in [0.15, 0.2) is 77.7 Å². The number of aromatic nitrogens is 1. The second kappa shape index (κ2) is 8.59. The number of nitrogens with one attached hydrogen (secondary N) is 1. The average molecular weight is 405 g/mol. The van der Waals surface area contributed by atoms with Gasteiger partial charge in [0.05, 0.1) is 10.2 Å². The number of nitrogens with zero attached hydrogens (tertiary/aromatic N) is 1. The van der Waals surface area contributed by atoms with Gasteiger partial charge in [-0.1, -0.05) is 29.8 Å². The minimum absolute atomic E-state index is 0.0346. The van der Waals surface area contributed by atoms with E-state index in [0.717, 1.165) is 27.5 Å². The summed E-state index contributed by atoms with van der Waals surface area (Å²) in [6.45, 7) is 2.07. The van der Waals surface area contributed by atoms with Crippen molar-refractivity contribution in [1.82, 2.24) is 4.98 Å². The molecule has 0 aliphatic carbocycles. The third-order valence-electron chi connectivity index (χ3n) is 4.33. The molecule has 3 aromatic carbocycles. The van der Waals surface area contributed by atoms with Crippen molar-refractivity contribution in [3.63, 3.8) is 0 Å². The van der Waals surface area contributed by atoms with Crippen LogP contribution in [0.3, 0.4) is 0 Å². The number of rotatable bonds is 6. The molecule has 3 nitrogen and oxygen atoms in total. The fourth-order valence-electron chi connectivity index (χ4n) is 2.81. The topological polar surface area (TPSA) is 42.0 Å². The molecule has 0 atom stereocenters. The van der Waals surface area contributed by atoms with Crippen molar-refractivity contribution in [2.24, 2.45) is 0 Å². The first-order valence-corrected chi connectivity index (χ1v) is 10.9. The van der Waals surface area contributed by atoms with Crippen LogP contribution in [0, 0.1) is 6.92 Å². The zero-order valence-corrected chi connectivity index (χ0v) is 17.1. The van der Waals surface area contributed by atoms with Crippen LogP contribution < -0.4 is 5.32 Å². The third-order valence-corrected chi connectivity index (χ3v) is 6.43. The van der Waals surface area contributed by atoms with Crippen molar-refractivity contribution in [3.8, 4) is 10.6 Å². The van der Waals surface area contributed by atoms with Gasteiger partial charge in [0.2, 0.25) is 5.91 Å². The number of benzene rings is 3. The highest BCUT2D eigenvalue weighted by atomic mass is 32.2. The zero-order valence-electron chi connectivity index (χ0n) is 15.5. The van der Waals surface area contributed by atoms with E-state index in [0.29, 0.717) is 6.42 Å². The van der Waals surface area contributed by atoms with Gasteiger partial charge in [-0.05, 0) is 55.5 Å². The average Bonchev–Trinajstić information content (AvgIpc) is 3.14. The molecule has 0 aliphatic rings. The molecule has 0 radical (unpaired) electrons. The van der Waals surface area contributed by atoms with E-state index in [2.05, 4.69) is 47.6 Å². The fourth-order valence-corrected chi connectivity index (χ4v) is 4.63. The Kier molecular flexibility index (Phi) is 5.74. The second-order valence-electron chi connectivity index (χ2n) is 6.52. The van der Waals surface area contributed by atoms with Crippen LogP contribution in [0.2, 0.25) is 0 Å². The quantitative estimate of drug-likeness (QED) is 0.378. The van der Waals surface area contributed by atoms with Crippen LogP contribution in [0.1, 0.15) is 12.0 Å². The van der Waals surface area contributed by atoms with Crippen molar-refractivity contribution < 1.29 is 4.79 Å². The number of anilines is 1. The van der Waals surface area contributed by atoms with Crippen molar-refractivity contribution in [1.29, 1.82) is 0 Å². The zero-order chi connectivity index (χ0) is 19.3. The number of para-hydroxylation sites is 1. The summed E-state index contributed by atoms with van der Waals surface area (Å²) in [4.78, 5) is 18.1. The lowest BCUT2D eigenvalue weighted by Crippen LogP contribution is -2.12. The lowest BCUT2D eigenvalue weighted by atomic mass is 10.2. The van der Waals surface area contributed by atoms with Gasteiger partial charge < -0.3 is 5.32 Å². The van der Waals surface area contributed by atoms with Crippen LogP contribution in [-0.2, 0) is 4.79 Å². The van der Waals surface area contributed by atoms with E-state index in [9.17, 15) is 4.79 Å². The molecule has 4 rings (SSSR count). The molecule has 28 heavy (non-hydrogen) atoms. The standard InChI is InChI=1S/C23H20N2OS2/c1-16-6-12-19(13-7-16)27-15-14-22(26)24-18-10-8-17(9-11-18)23-25-20-4-2-3-5-21(20)28-23/h2-13H,14-15H2,1H3,(H,24,26). The van der Waals surface area contributed by atoms with Gasteiger partial charge in [0.15, 0.2) is 0 Å². The number of hydrogen-bond acceptors (Lipinski definition) is 4. The van der Waals surface area contributed by atoms with E-state index < -0.39 is 0 Å². The summed E-state index contributed by atoms with van der Waals surface area (Å²) in [6, 6.07) is 24.4. The molecule has 0 bridgehead atoms. The molecule has 0 saturated carbocycles. The molecular formula is C23H20N2OS2. The van der Waals surface area contributed by atoms with Crippen LogP contribution in [0.4, 0.5) is 5.69 Å². The van der Waals surface area contributed by atoms with Crippen LogP contribution >= 0.6 is 23.1 Å². The minimum Gasteiger partial charge on any atom is -0.326 e. The normalized spacial score (nSPS) is 10.9. The highest BCUT2D eigenvalue weighted by molar-refractivity contribution is 7.99. The Balaban J connectivity index is 1.32. The number of aryl methyl sites for hydroxylation is 1. The summed E-state index contributed by atoms with van der Waals surface area (Å²) in [6.07, 6.45) is 0.484. The number of carbonyl (C=O) groups excluding carboxylic acids is 1. The van der Waals surface area contributed by atoms with Crippen molar-refractivity contribution in [2.45, 2.75) is 18.2 Å². The van der Waals surface area contributed by atoms with Gasteiger partial charge in [0.1, 0.15) is 5.01 Å². The lowest BCUT2D eigenvalue weighted by molar-refractivity contribution is -0.115. The SMILES string of the molecule is Cc1ccc(SCCC(=O)Nc2ccc(-c3nc4ccccc4s3)cc2)cc1. The van der Waals surface area contributed by atoms with Gasteiger partial charge in [0.25, 0.3) is 0 Å². The molecule has 0 aliphatic heterocycles. The smallest absolute Gasteiger partial charge is 0.225 e. The molecule has 140 valence electrons. The van der Waals surface area contributed by atoms with Crippen molar-refractivity contribution in [3.05, 3.63) is 78.4 Å². The van der Waals surface area contributed by atoms with E-state index in [1.165, 1.54) is 15.2 Å². The summed E-state index contributed by atoms with van der Waals surface area (Å²) in [5.74, 6) is 0.797. The Bertz CT molecular complexity index is 1050. The van der Waals surface area contributed by atoms with E-state index in [1.54, 1.807) is 23.1 Å². The van der Waals surface area contributed by atoms with E-state index in [-0.39, 0.29) is 5.91 Å². The molecule has 1 aromatic heterocycles. The molecule has 0 unspecified atom stereocenters. The van der Waals surface area contributed by atoms with Gasteiger partial charge in [-0.3, -0.25) is 4.79 Å². The Morgan fingerprint density at radius 1 is 1.00 bits per heavy atom.